The Kier molecular flexibility index (Phi) is 7.72. The smallest absolute Gasteiger partial charge is 0.0541 e. The lowest BCUT2D eigenvalue weighted by atomic mass is 9.81. The molecule has 0 N–H and O–H groups in total. The molecule has 11 aromatic rings. The van der Waals surface area contributed by atoms with Crippen LogP contribution >= 0.6 is 0 Å². The van der Waals surface area contributed by atoms with E-state index >= 15 is 0 Å². The van der Waals surface area contributed by atoms with Crippen LogP contribution in [0.1, 0.15) is 31.9 Å². The summed E-state index contributed by atoms with van der Waals surface area (Å²) < 4.78 is 2.46. The quantitative estimate of drug-likeness (QED) is 0.155. The second-order valence-electron chi connectivity index (χ2n) is 17.1. The van der Waals surface area contributed by atoms with Gasteiger partial charge in [0.05, 0.1) is 11.0 Å². The van der Waals surface area contributed by atoms with E-state index in [9.17, 15) is 0 Å². The van der Waals surface area contributed by atoms with Crippen LogP contribution in [0.2, 0.25) is 0 Å². The molecule has 0 fully saturated rings. The third-order valence-electron chi connectivity index (χ3n) is 12.3. The van der Waals surface area contributed by atoms with Gasteiger partial charge >= 0.3 is 0 Å². The summed E-state index contributed by atoms with van der Waals surface area (Å²) in [7, 11) is 0. The Morgan fingerprint density at radius 3 is 1.47 bits per heavy atom. The van der Waals surface area contributed by atoms with E-state index in [2.05, 4.69) is 220 Å². The molecule has 58 heavy (non-hydrogen) atoms. The fraction of sp³-hybridized carbons (Fsp3) is 0.0877. The molecule has 0 aliphatic heterocycles. The summed E-state index contributed by atoms with van der Waals surface area (Å²) in [5.74, 6) is 0. The SMILES string of the molecule is Cc1ccc(-c2cc(-c3cc(-c4ccc(-c5ccccc5)cc4)cc(-n4c5ccccc5c5ccccc54)c3)c3ccc4cc(C(C)(C)C)cc5ccc2c3c54)cc1. The zero-order chi connectivity index (χ0) is 39.1. The van der Waals surface area contributed by atoms with Crippen molar-refractivity contribution in [3.05, 3.63) is 199 Å². The van der Waals surface area contributed by atoms with Gasteiger partial charge in [-0.05, 0) is 131 Å². The average Bonchev–Trinajstić information content (AvgIpc) is 3.60. The first-order valence-corrected chi connectivity index (χ1v) is 20.4. The summed E-state index contributed by atoms with van der Waals surface area (Å²) in [6.07, 6.45) is 0. The molecular formula is C57H43N. The molecule has 1 heterocycles. The van der Waals surface area contributed by atoms with Crippen molar-refractivity contribution in [3.8, 4) is 50.2 Å². The van der Waals surface area contributed by atoms with Crippen molar-refractivity contribution < 1.29 is 0 Å². The van der Waals surface area contributed by atoms with Crippen LogP contribution in [-0.4, -0.2) is 4.57 Å². The van der Waals surface area contributed by atoms with Gasteiger partial charge in [0, 0.05) is 16.5 Å². The maximum atomic E-state index is 2.46. The molecule has 0 saturated carbocycles. The lowest BCUT2D eigenvalue weighted by Gasteiger charge is -2.23. The van der Waals surface area contributed by atoms with Gasteiger partial charge < -0.3 is 4.57 Å². The number of hydrogen-bond acceptors (Lipinski definition) is 0. The molecule has 0 bridgehead atoms. The van der Waals surface area contributed by atoms with Gasteiger partial charge in [-0.3, -0.25) is 0 Å². The maximum Gasteiger partial charge on any atom is 0.0541 e. The van der Waals surface area contributed by atoms with Gasteiger partial charge in [0.2, 0.25) is 0 Å². The molecule has 1 aromatic heterocycles. The third-order valence-corrected chi connectivity index (χ3v) is 12.3. The minimum absolute atomic E-state index is 0.0472. The zero-order valence-corrected chi connectivity index (χ0v) is 33.3. The molecule has 0 unspecified atom stereocenters. The Balaban J connectivity index is 1.23. The summed E-state index contributed by atoms with van der Waals surface area (Å²) >= 11 is 0. The van der Waals surface area contributed by atoms with Crippen molar-refractivity contribution in [2.75, 3.05) is 0 Å². The molecule has 0 radical (unpaired) electrons. The van der Waals surface area contributed by atoms with Crippen LogP contribution in [-0.2, 0) is 5.41 Å². The molecule has 0 amide bonds. The van der Waals surface area contributed by atoms with Gasteiger partial charge in [-0.2, -0.15) is 0 Å². The first-order chi connectivity index (χ1) is 28.3. The summed E-state index contributed by atoms with van der Waals surface area (Å²) in [5.41, 5.74) is 16.0. The molecule has 0 atom stereocenters. The highest BCUT2D eigenvalue weighted by atomic mass is 15.0. The van der Waals surface area contributed by atoms with Crippen molar-refractivity contribution in [3.63, 3.8) is 0 Å². The number of rotatable bonds is 5. The van der Waals surface area contributed by atoms with E-state index in [0.717, 1.165) is 5.69 Å². The second-order valence-corrected chi connectivity index (χ2v) is 17.1. The highest BCUT2D eigenvalue weighted by molar-refractivity contribution is 6.28. The number of para-hydroxylation sites is 2. The van der Waals surface area contributed by atoms with E-state index in [1.807, 2.05) is 0 Å². The summed E-state index contributed by atoms with van der Waals surface area (Å²) in [6.45, 7) is 9.10. The number of aryl methyl sites for hydroxylation is 1. The molecule has 0 spiro atoms. The normalized spacial score (nSPS) is 12.1. The molecule has 0 aliphatic carbocycles. The van der Waals surface area contributed by atoms with Crippen molar-refractivity contribution in [2.45, 2.75) is 33.1 Å². The van der Waals surface area contributed by atoms with Crippen LogP contribution in [0.3, 0.4) is 0 Å². The molecule has 1 heteroatoms. The monoisotopic (exact) mass is 741 g/mol. The lowest BCUT2D eigenvalue weighted by molar-refractivity contribution is 0.591. The number of benzene rings is 10. The topological polar surface area (TPSA) is 4.93 Å². The number of fused-ring (bicyclic) bond motifs is 3. The predicted octanol–water partition coefficient (Wildman–Crippen LogP) is 16.0. The van der Waals surface area contributed by atoms with Gasteiger partial charge in [-0.15, -0.1) is 0 Å². The standard InChI is InChI=1S/C57H43N/c1-36-18-20-40(21-19-36)51-35-52(50-29-27-42-32-45(57(2,3)4)31-41-26-28-49(51)56(50)55(41)42)44-30-43(39-24-22-38(23-25-39)37-12-6-5-7-13-37)33-46(34-44)58-53-16-10-8-14-47(53)48-15-9-11-17-54(48)58/h5-35H,1-4H3. The lowest BCUT2D eigenvalue weighted by Crippen LogP contribution is -2.10. The molecule has 1 nitrogen and oxygen atoms in total. The number of nitrogens with zero attached hydrogens (tertiary/aromatic N) is 1. The van der Waals surface area contributed by atoms with E-state index in [4.69, 9.17) is 0 Å². The first kappa shape index (κ1) is 34.3. The molecule has 10 aromatic carbocycles. The minimum atomic E-state index is 0.0472. The summed E-state index contributed by atoms with van der Waals surface area (Å²) in [4.78, 5) is 0. The first-order valence-electron chi connectivity index (χ1n) is 20.4. The molecule has 0 saturated heterocycles. The van der Waals surface area contributed by atoms with E-state index < -0.39 is 0 Å². The Labute approximate surface area is 339 Å². The van der Waals surface area contributed by atoms with Crippen LogP contribution in [0.5, 0.6) is 0 Å². The predicted molar refractivity (Wildman–Crippen MR) is 250 cm³/mol. The Bertz CT molecular complexity index is 3270. The van der Waals surface area contributed by atoms with Gasteiger partial charge in [0.1, 0.15) is 0 Å². The Hall–Kier alpha value is -6.96. The maximum absolute atomic E-state index is 2.46. The number of hydrogen-bond donors (Lipinski definition) is 0. The molecule has 11 rings (SSSR count). The average molecular weight is 742 g/mol. The second kappa shape index (κ2) is 13.0. The largest absolute Gasteiger partial charge is 0.309 e. The van der Waals surface area contributed by atoms with E-state index in [-0.39, 0.29) is 5.41 Å². The summed E-state index contributed by atoms with van der Waals surface area (Å²) in [5, 5.41) is 10.4. The van der Waals surface area contributed by atoms with Gasteiger partial charge in [-0.1, -0.05) is 178 Å². The van der Waals surface area contributed by atoms with Gasteiger partial charge in [0.15, 0.2) is 0 Å². The van der Waals surface area contributed by atoms with Crippen molar-refractivity contribution in [1.29, 1.82) is 0 Å². The van der Waals surface area contributed by atoms with Crippen LogP contribution in [0.4, 0.5) is 0 Å². The van der Waals surface area contributed by atoms with Gasteiger partial charge in [0.25, 0.3) is 0 Å². The summed E-state index contributed by atoms with van der Waals surface area (Å²) in [6, 6.07) is 70.4. The van der Waals surface area contributed by atoms with Crippen LogP contribution in [0.25, 0.3) is 104 Å². The molecule has 276 valence electrons. The third kappa shape index (κ3) is 5.53. The van der Waals surface area contributed by atoms with Crippen molar-refractivity contribution >= 4 is 54.1 Å². The van der Waals surface area contributed by atoms with Crippen LogP contribution in [0.15, 0.2) is 188 Å². The van der Waals surface area contributed by atoms with Gasteiger partial charge in [-0.25, -0.2) is 0 Å². The Morgan fingerprint density at radius 1 is 0.362 bits per heavy atom. The fourth-order valence-electron chi connectivity index (χ4n) is 9.31. The fourth-order valence-corrected chi connectivity index (χ4v) is 9.31. The molecular weight excluding hydrogens is 699 g/mol. The Morgan fingerprint density at radius 2 is 0.862 bits per heavy atom. The van der Waals surface area contributed by atoms with E-state index in [0.29, 0.717) is 0 Å². The van der Waals surface area contributed by atoms with Crippen LogP contribution in [0, 0.1) is 6.92 Å². The highest BCUT2D eigenvalue weighted by Crippen LogP contribution is 2.46. The zero-order valence-electron chi connectivity index (χ0n) is 33.3. The van der Waals surface area contributed by atoms with Crippen molar-refractivity contribution in [2.24, 2.45) is 0 Å². The number of aromatic nitrogens is 1. The highest BCUT2D eigenvalue weighted by Gasteiger charge is 2.22. The van der Waals surface area contributed by atoms with E-state index in [1.165, 1.54) is 110 Å². The molecule has 0 aliphatic rings. The minimum Gasteiger partial charge on any atom is -0.309 e. The van der Waals surface area contributed by atoms with Crippen molar-refractivity contribution in [1.82, 2.24) is 4.57 Å². The van der Waals surface area contributed by atoms with Crippen LogP contribution < -0.4 is 0 Å². The van der Waals surface area contributed by atoms with E-state index in [1.54, 1.807) is 0 Å².